The summed E-state index contributed by atoms with van der Waals surface area (Å²) < 4.78 is 4.75. The molecule has 0 aromatic heterocycles. The zero-order chi connectivity index (χ0) is 13.5. The zero-order valence-corrected chi connectivity index (χ0v) is 11.0. The minimum absolute atomic E-state index is 0.00161. The Morgan fingerprint density at radius 1 is 1.44 bits per heavy atom. The number of aliphatic carboxylic acids is 1. The Balaban J connectivity index is 2.31. The van der Waals surface area contributed by atoms with Crippen LogP contribution in [0.25, 0.3) is 0 Å². The summed E-state index contributed by atoms with van der Waals surface area (Å²) in [5, 5.41) is 11.4. The fraction of sp³-hybridized carbons (Fsp3) is 0.833. The van der Waals surface area contributed by atoms with E-state index in [0.717, 1.165) is 32.4 Å². The molecule has 18 heavy (non-hydrogen) atoms. The highest BCUT2D eigenvalue weighted by atomic mass is 16.5. The summed E-state index contributed by atoms with van der Waals surface area (Å²) in [4.78, 5) is 24.3. The SMILES string of the molecule is CCC1CCN(C(=O)NCC(OC)C(=O)O)CC1. The Kier molecular flexibility index (Phi) is 5.91. The van der Waals surface area contributed by atoms with Crippen LogP contribution in [0, 0.1) is 5.92 Å². The first kappa shape index (κ1) is 14.8. The number of likely N-dealkylation sites (tertiary alicyclic amines) is 1. The van der Waals surface area contributed by atoms with E-state index in [-0.39, 0.29) is 12.6 Å². The second kappa shape index (κ2) is 7.20. The second-order valence-electron chi connectivity index (χ2n) is 4.59. The molecule has 0 saturated carbocycles. The Bertz CT molecular complexity index is 288. The Hall–Kier alpha value is -1.30. The van der Waals surface area contributed by atoms with Gasteiger partial charge in [0.25, 0.3) is 0 Å². The molecular weight excluding hydrogens is 236 g/mol. The first-order valence-corrected chi connectivity index (χ1v) is 6.36. The fourth-order valence-corrected chi connectivity index (χ4v) is 2.11. The highest BCUT2D eigenvalue weighted by Gasteiger charge is 2.23. The molecule has 1 rings (SSSR count). The van der Waals surface area contributed by atoms with Crippen LogP contribution in [0.2, 0.25) is 0 Å². The third-order valence-corrected chi connectivity index (χ3v) is 3.48. The van der Waals surface area contributed by atoms with Crippen LogP contribution in [-0.4, -0.2) is 54.9 Å². The summed E-state index contributed by atoms with van der Waals surface area (Å²) in [6.45, 7) is 3.65. The van der Waals surface area contributed by atoms with Crippen LogP contribution in [0.1, 0.15) is 26.2 Å². The van der Waals surface area contributed by atoms with Gasteiger partial charge in [-0.1, -0.05) is 13.3 Å². The molecule has 1 heterocycles. The number of carboxylic acid groups (broad SMARTS) is 1. The number of piperidine rings is 1. The zero-order valence-electron chi connectivity index (χ0n) is 11.0. The van der Waals surface area contributed by atoms with E-state index in [0.29, 0.717) is 5.92 Å². The summed E-state index contributed by atoms with van der Waals surface area (Å²) in [7, 11) is 1.32. The summed E-state index contributed by atoms with van der Waals surface area (Å²) >= 11 is 0. The number of nitrogens with zero attached hydrogens (tertiary/aromatic N) is 1. The van der Waals surface area contributed by atoms with E-state index < -0.39 is 12.1 Å². The molecule has 104 valence electrons. The second-order valence-corrected chi connectivity index (χ2v) is 4.59. The fourth-order valence-electron chi connectivity index (χ4n) is 2.11. The number of methoxy groups -OCH3 is 1. The maximum atomic E-state index is 11.8. The van der Waals surface area contributed by atoms with Crippen LogP contribution in [-0.2, 0) is 9.53 Å². The van der Waals surface area contributed by atoms with Gasteiger partial charge < -0.3 is 20.1 Å². The van der Waals surface area contributed by atoms with Gasteiger partial charge in [-0.05, 0) is 18.8 Å². The number of carbonyl (C=O) groups excluding carboxylic acids is 1. The van der Waals surface area contributed by atoms with E-state index in [4.69, 9.17) is 9.84 Å². The van der Waals surface area contributed by atoms with E-state index in [2.05, 4.69) is 12.2 Å². The van der Waals surface area contributed by atoms with Gasteiger partial charge in [-0.3, -0.25) is 0 Å². The van der Waals surface area contributed by atoms with Crippen molar-refractivity contribution in [2.75, 3.05) is 26.7 Å². The highest BCUT2D eigenvalue weighted by Crippen LogP contribution is 2.19. The van der Waals surface area contributed by atoms with E-state index >= 15 is 0 Å². The largest absolute Gasteiger partial charge is 0.479 e. The quantitative estimate of drug-likeness (QED) is 0.768. The van der Waals surface area contributed by atoms with Crippen molar-refractivity contribution in [2.24, 2.45) is 5.92 Å². The van der Waals surface area contributed by atoms with Gasteiger partial charge in [-0.15, -0.1) is 0 Å². The van der Waals surface area contributed by atoms with Crippen molar-refractivity contribution in [1.29, 1.82) is 0 Å². The third-order valence-electron chi connectivity index (χ3n) is 3.48. The van der Waals surface area contributed by atoms with Gasteiger partial charge in [0.1, 0.15) is 0 Å². The molecule has 1 unspecified atom stereocenters. The molecule has 1 saturated heterocycles. The first-order chi connectivity index (χ1) is 8.58. The Labute approximate surface area is 107 Å². The van der Waals surface area contributed by atoms with Gasteiger partial charge in [0.15, 0.2) is 6.10 Å². The molecule has 0 aromatic rings. The molecule has 0 aromatic carbocycles. The highest BCUT2D eigenvalue weighted by molar-refractivity contribution is 5.77. The molecule has 6 heteroatoms. The normalized spacial score (nSPS) is 18.4. The van der Waals surface area contributed by atoms with Crippen LogP contribution >= 0.6 is 0 Å². The Morgan fingerprint density at radius 3 is 2.50 bits per heavy atom. The van der Waals surface area contributed by atoms with Crippen molar-refractivity contribution in [3.63, 3.8) is 0 Å². The first-order valence-electron chi connectivity index (χ1n) is 6.36. The molecule has 0 spiro atoms. The predicted octanol–water partition coefficient (Wildman–Crippen LogP) is 0.918. The van der Waals surface area contributed by atoms with Crippen LogP contribution in [0.3, 0.4) is 0 Å². The smallest absolute Gasteiger partial charge is 0.334 e. The van der Waals surface area contributed by atoms with Crippen molar-refractivity contribution in [1.82, 2.24) is 10.2 Å². The monoisotopic (exact) mass is 258 g/mol. The molecule has 2 amide bonds. The molecule has 1 fully saturated rings. The molecule has 2 N–H and O–H groups in total. The molecule has 1 aliphatic heterocycles. The molecule has 0 bridgehead atoms. The number of urea groups is 1. The average Bonchev–Trinajstić information content (AvgIpc) is 2.39. The number of carboxylic acids is 1. The molecule has 0 radical (unpaired) electrons. The number of amides is 2. The van der Waals surface area contributed by atoms with Crippen molar-refractivity contribution in [2.45, 2.75) is 32.3 Å². The summed E-state index contributed by atoms with van der Waals surface area (Å²) in [6, 6.07) is -0.201. The summed E-state index contributed by atoms with van der Waals surface area (Å²) in [5.41, 5.74) is 0. The lowest BCUT2D eigenvalue weighted by molar-refractivity contribution is -0.148. The minimum Gasteiger partial charge on any atom is -0.479 e. The van der Waals surface area contributed by atoms with Crippen LogP contribution in [0.4, 0.5) is 4.79 Å². The maximum Gasteiger partial charge on any atom is 0.334 e. The Morgan fingerprint density at radius 2 is 2.06 bits per heavy atom. The van der Waals surface area contributed by atoms with E-state index in [1.807, 2.05) is 0 Å². The predicted molar refractivity (Wildman–Crippen MR) is 66.4 cm³/mol. The van der Waals surface area contributed by atoms with Crippen LogP contribution < -0.4 is 5.32 Å². The lowest BCUT2D eigenvalue weighted by atomic mass is 9.95. The molecule has 1 atom stereocenters. The van der Waals surface area contributed by atoms with E-state index in [1.165, 1.54) is 7.11 Å². The third kappa shape index (κ3) is 4.18. The number of nitrogens with one attached hydrogen (secondary N) is 1. The van der Waals surface area contributed by atoms with Crippen molar-refractivity contribution < 1.29 is 19.4 Å². The van der Waals surface area contributed by atoms with Crippen molar-refractivity contribution in [3.05, 3.63) is 0 Å². The van der Waals surface area contributed by atoms with E-state index in [9.17, 15) is 9.59 Å². The van der Waals surface area contributed by atoms with Crippen molar-refractivity contribution in [3.8, 4) is 0 Å². The lowest BCUT2D eigenvalue weighted by Crippen LogP contribution is -2.47. The maximum absolute atomic E-state index is 11.8. The van der Waals surface area contributed by atoms with Gasteiger partial charge in [0.2, 0.25) is 0 Å². The average molecular weight is 258 g/mol. The topological polar surface area (TPSA) is 78.9 Å². The molecule has 1 aliphatic rings. The van der Waals surface area contributed by atoms with Gasteiger partial charge in [0.05, 0.1) is 6.54 Å². The number of hydrogen-bond acceptors (Lipinski definition) is 3. The number of rotatable bonds is 5. The van der Waals surface area contributed by atoms with Crippen LogP contribution in [0.15, 0.2) is 0 Å². The minimum atomic E-state index is -1.07. The van der Waals surface area contributed by atoms with Gasteiger partial charge in [0, 0.05) is 20.2 Å². The van der Waals surface area contributed by atoms with E-state index in [1.54, 1.807) is 4.90 Å². The number of carbonyl (C=O) groups is 2. The lowest BCUT2D eigenvalue weighted by Gasteiger charge is -2.31. The number of ether oxygens (including phenoxy) is 1. The molecule has 0 aliphatic carbocycles. The summed E-state index contributed by atoms with van der Waals surface area (Å²) in [5.74, 6) is -0.359. The standard InChI is InChI=1S/C12H22N2O4/c1-3-9-4-6-14(7-5-9)12(17)13-8-10(18-2)11(15)16/h9-10H,3-8H2,1-2H3,(H,13,17)(H,15,16). The van der Waals surface area contributed by atoms with Crippen molar-refractivity contribution >= 4 is 12.0 Å². The molecule has 6 nitrogen and oxygen atoms in total. The van der Waals surface area contributed by atoms with Gasteiger partial charge in [-0.2, -0.15) is 0 Å². The number of hydrogen-bond donors (Lipinski definition) is 2. The van der Waals surface area contributed by atoms with Crippen LogP contribution in [0.5, 0.6) is 0 Å². The molecular formula is C12H22N2O4. The summed E-state index contributed by atoms with van der Waals surface area (Å²) in [6.07, 6.45) is 2.22. The van der Waals surface area contributed by atoms with Gasteiger partial charge >= 0.3 is 12.0 Å². The van der Waals surface area contributed by atoms with Gasteiger partial charge in [-0.25, -0.2) is 9.59 Å².